The van der Waals surface area contributed by atoms with E-state index in [1.54, 1.807) is 12.1 Å². The lowest BCUT2D eigenvalue weighted by molar-refractivity contribution is -0.384. The first kappa shape index (κ1) is 10.9. The zero-order valence-electron chi connectivity index (χ0n) is 9.22. The Labute approximate surface area is 94.2 Å². The van der Waals surface area contributed by atoms with Crippen molar-refractivity contribution in [3.8, 4) is 0 Å². The summed E-state index contributed by atoms with van der Waals surface area (Å²) < 4.78 is 0. The standard InChI is InChI=1S/C11H15N3O2/c1-9-8-13(6-5-12-9)10-3-2-4-11(7-10)14(15)16/h2-4,7,9,12H,5-6,8H2,1H3. The quantitative estimate of drug-likeness (QED) is 0.605. The number of benzene rings is 1. The van der Waals surface area contributed by atoms with Crippen molar-refractivity contribution in [2.75, 3.05) is 24.5 Å². The molecule has 1 N–H and O–H groups in total. The van der Waals surface area contributed by atoms with Crippen LogP contribution in [-0.4, -0.2) is 30.6 Å². The van der Waals surface area contributed by atoms with Crippen molar-refractivity contribution in [3.63, 3.8) is 0 Å². The number of non-ortho nitro benzene ring substituents is 1. The molecule has 1 aromatic carbocycles. The van der Waals surface area contributed by atoms with E-state index in [-0.39, 0.29) is 10.6 Å². The van der Waals surface area contributed by atoms with Crippen LogP contribution in [0, 0.1) is 10.1 Å². The summed E-state index contributed by atoms with van der Waals surface area (Å²) in [5, 5.41) is 14.0. The Hall–Kier alpha value is -1.62. The molecule has 0 bridgehead atoms. The number of piperazine rings is 1. The number of nitro groups is 1. The largest absolute Gasteiger partial charge is 0.369 e. The molecule has 0 spiro atoms. The molecule has 5 nitrogen and oxygen atoms in total. The third-order valence-corrected chi connectivity index (χ3v) is 2.77. The van der Waals surface area contributed by atoms with Crippen LogP contribution >= 0.6 is 0 Å². The number of nitrogens with zero attached hydrogens (tertiary/aromatic N) is 2. The molecule has 86 valence electrons. The van der Waals surface area contributed by atoms with Crippen LogP contribution in [0.3, 0.4) is 0 Å². The van der Waals surface area contributed by atoms with Crippen molar-refractivity contribution in [1.29, 1.82) is 0 Å². The molecule has 1 saturated heterocycles. The summed E-state index contributed by atoms with van der Waals surface area (Å²) in [5.41, 5.74) is 1.09. The number of rotatable bonds is 2. The summed E-state index contributed by atoms with van der Waals surface area (Å²) >= 11 is 0. The molecular formula is C11H15N3O2. The maximum absolute atomic E-state index is 10.7. The molecule has 0 amide bonds. The topological polar surface area (TPSA) is 58.4 Å². The Morgan fingerprint density at radius 2 is 2.38 bits per heavy atom. The predicted octanol–water partition coefficient (Wildman–Crippen LogP) is 1.39. The first-order valence-electron chi connectivity index (χ1n) is 5.39. The second kappa shape index (κ2) is 4.49. The second-order valence-corrected chi connectivity index (χ2v) is 4.08. The SMILES string of the molecule is CC1CN(c2cccc([N+](=O)[O-])c2)CCN1. The first-order chi connectivity index (χ1) is 7.66. The van der Waals surface area contributed by atoms with Crippen molar-refractivity contribution in [3.05, 3.63) is 34.4 Å². The van der Waals surface area contributed by atoms with Crippen LogP contribution in [0.25, 0.3) is 0 Å². The van der Waals surface area contributed by atoms with Gasteiger partial charge in [0.05, 0.1) is 4.92 Å². The van der Waals surface area contributed by atoms with Gasteiger partial charge in [0, 0.05) is 43.5 Å². The van der Waals surface area contributed by atoms with E-state index in [2.05, 4.69) is 17.1 Å². The predicted molar refractivity (Wildman–Crippen MR) is 62.8 cm³/mol. The van der Waals surface area contributed by atoms with E-state index >= 15 is 0 Å². The lowest BCUT2D eigenvalue weighted by atomic mass is 10.2. The summed E-state index contributed by atoms with van der Waals surface area (Å²) in [6.45, 7) is 4.82. The monoisotopic (exact) mass is 221 g/mol. The first-order valence-corrected chi connectivity index (χ1v) is 5.39. The van der Waals surface area contributed by atoms with Crippen LogP contribution in [0.1, 0.15) is 6.92 Å². The van der Waals surface area contributed by atoms with Gasteiger partial charge >= 0.3 is 0 Å². The molecule has 1 aromatic rings. The van der Waals surface area contributed by atoms with Gasteiger partial charge in [-0.05, 0) is 13.0 Å². The van der Waals surface area contributed by atoms with Gasteiger partial charge in [0.15, 0.2) is 0 Å². The van der Waals surface area contributed by atoms with Crippen LogP contribution in [0.2, 0.25) is 0 Å². The second-order valence-electron chi connectivity index (χ2n) is 4.08. The Morgan fingerprint density at radius 3 is 3.06 bits per heavy atom. The molecule has 1 fully saturated rings. The van der Waals surface area contributed by atoms with Crippen LogP contribution in [0.5, 0.6) is 0 Å². The van der Waals surface area contributed by atoms with Gasteiger partial charge in [0.2, 0.25) is 0 Å². The van der Waals surface area contributed by atoms with Crippen molar-refractivity contribution >= 4 is 11.4 Å². The van der Waals surface area contributed by atoms with Gasteiger partial charge < -0.3 is 10.2 Å². The summed E-state index contributed by atoms with van der Waals surface area (Å²) in [4.78, 5) is 12.5. The van der Waals surface area contributed by atoms with E-state index in [0.29, 0.717) is 6.04 Å². The number of hydrogen-bond donors (Lipinski definition) is 1. The fourth-order valence-electron chi connectivity index (χ4n) is 1.97. The fraction of sp³-hybridized carbons (Fsp3) is 0.455. The Balaban J connectivity index is 2.19. The smallest absolute Gasteiger partial charge is 0.271 e. The van der Waals surface area contributed by atoms with Crippen molar-refractivity contribution in [1.82, 2.24) is 5.32 Å². The number of nitro benzene ring substituents is 1. The molecule has 2 rings (SSSR count). The van der Waals surface area contributed by atoms with E-state index in [1.165, 1.54) is 6.07 Å². The molecule has 0 aromatic heterocycles. The highest BCUT2D eigenvalue weighted by atomic mass is 16.6. The van der Waals surface area contributed by atoms with Gasteiger partial charge in [-0.1, -0.05) is 6.07 Å². The molecule has 16 heavy (non-hydrogen) atoms. The van der Waals surface area contributed by atoms with Gasteiger partial charge in [0.1, 0.15) is 0 Å². The third-order valence-electron chi connectivity index (χ3n) is 2.77. The molecule has 1 aliphatic heterocycles. The van der Waals surface area contributed by atoms with Crippen molar-refractivity contribution in [2.24, 2.45) is 0 Å². The normalized spacial score (nSPS) is 20.8. The van der Waals surface area contributed by atoms with Crippen LogP contribution < -0.4 is 10.2 Å². The van der Waals surface area contributed by atoms with Crippen molar-refractivity contribution in [2.45, 2.75) is 13.0 Å². The van der Waals surface area contributed by atoms with Crippen LogP contribution in [0.4, 0.5) is 11.4 Å². The van der Waals surface area contributed by atoms with Gasteiger partial charge in [-0.2, -0.15) is 0 Å². The molecule has 0 radical (unpaired) electrons. The highest BCUT2D eigenvalue weighted by molar-refractivity contribution is 5.53. The minimum atomic E-state index is -0.352. The molecule has 5 heteroatoms. The zero-order valence-corrected chi connectivity index (χ0v) is 9.22. The minimum absolute atomic E-state index is 0.156. The Kier molecular flexibility index (Phi) is 3.05. The average Bonchev–Trinajstić information content (AvgIpc) is 2.29. The van der Waals surface area contributed by atoms with E-state index in [0.717, 1.165) is 25.3 Å². The molecular weight excluding hydrogens is 206 g/mol. The molecule has 1 aliphatic rings. The van der Waals surface area contributed by atoms with Gasteiger partial charge in [-0.15, -0.1) is 0 Å². The lowest BCUT2D eigenvalue weighted by Gasteiger charge is -2.33. The molecule has 1 heterocycles. The third kappa shape index (κ3) is 2.30. The van der Waals surface area contributed by atoms with E-state index < -0.39 is 0 Å². The fourth-order valence-corrected chi connectivity index (χ4v) is 1.97. The average molecular weight is 221 g/mol. The summed E-state index contributed by atoms with van der Waals surface area (Å²) in [7, 11) is 0. The van der Waals surface area contributed by atoms with E-state index in [9.17, 15) is 10.1 Å². The minimum Gasteiger partial charge on any atom is -0.369 e. The maximum Gasteiger partial charge on any atom is 0.271 e. The Bertz CT molecular complexity index is 395. The highest BCUT2D eigenvalue weighted by Crippen LogP contribution is 2.21. The van der Waals surface area contributed by atoms with Crippen LogP contribution in [0.15, 0.2) is 24.3 Å². The van der Waals surface area contributed by atoms with Gasteiger partial charge in [-0.25, -0.2) is 0 Å². The molecule has 1 atom stereocenters. The summed E-state index contributed by atoms with van der Waals surface area (Å²) in [5.74, 6) is 0. The number of anilines is 1. The highest BCUT2D eigenvalue weighted by Gasteiger charge is 2.17. The van der Waals surface area contributed by atoms with Gasteiger partial charge in [0.25, 0.3) is 5.69 Å². The summed E-state index contributed by atoms with van der Waals surface area (Å²) in [6, 6.07) is 7.24. The molecule has 0 saturated carbocycles. The Morgan fingerprint density at radius 1 is 1.56 bits per heavy atom. The maximum atomic E-state index is 10.7. The van der Waals surface area contributed by atoms with E-state index in [4.69, 9.17) is 0 Å². The molecule has 1 unspecified atom stereocenters. The molecule has 0 aliphatic carbocycles. The number of hydrogen-bond acceptors (Lipinski definition) is 4. The van der Waals surface area contributed by atoms with Crippen LogP contribution in [-0.2, 0) is 0 Å². The van der Waals surface area contributed by atoms with E-state index in [1.807, 2.05) is 6.07 Å². The number of nitrogens with one attached hydrogen (secondary N) is 1. The zero-order chi connectivity index (χ0) is 11.5. The van der Waals surface area contributed by atoms with Crippen molar-refractivity contribution < 1.29 is 4.92 Å². The van der Waals surface area contributed by atoms with Gasteiger partial charge in [-0.3, -0.25) is 10.1 Å². The lowest BCUT2D eigenvalue weighted by Crippen LogP contribution is -2.49. The summed E-state index contributed by atoms with van der Waals surface area (Å²) in [6.07, 6.45) is 0.